The number of fused-ring (bicyclic) bond motifs is 2. The van der Waals surface area contributed by atoms with Crippen LogP contribution in [0, 0.1) is 0 Å². The molecule has 0 spiro atoms. The van der Waals surface area contributed by atoms with E-state index in [1.165, 1.54) is 34.8 Å². The Bertz CT molecular complexity index is 1940. The molecule has 4 aromatic heterocycles. The van der Waals surface area contributed by atoms with Crippen molar-refractivity contribution >= 4 is 66.9 Å². The molecule has 4 heterocycles. The van der Waals surface area contributed by atoms with E-state index in [4.69, 9.17) is 31.4 Å². The molecule has 264 valence electrons. The minimum Gasteiger partial charge on any atom is -0.550 e. The first-order chi connectivity index (χ1) is 23.4. The number of halogens is 7. The van der Waals surface area contributed by atoms with Gasteiger partial charge in [-0.15, -0.1) is 11.6 Å². The first-order valence-electron chi connectivity index (χ1n) is 14.2. The zero-order chi connectivity index (χ0) is 37.2. The van der Waals surface area contributed by atoms with E-state index in [1.54, 1.807) is 30.6 Å². The summed E-state index contributed by atoms with van der Waals surface area (Å²) in [5.74, 6) is -1.63. The fraction of sp³-hybridized carbons (Fsp3) is 0.212. The van der Waals surface area contributed by atoms with Gasteiger partial charge in [0.15, 0.2) is 0 Å². The number of carbonyl (C=O) groups excluding carboxylic acids is 1. The van der Waals surface area contributed by atoms with Crippen LogP contribution in [-0.4, -0.2) is 37.0 Å². The molecular weight excluding hydrogens is 753 g/mol. The number of pyridine rings is 2. The molecule has 0 bridgehead atoms. The average Bonchev–Trinajstić information content (AvgIpc) is 3.69. The minimum atomic E-state index is -4.37. The number of hydrogen-bond acceptors (Lipinski definition) is 9. The molecule has 18 heteroatoms. The molecule has 0 amide bonds. The van der Waals surface area contributed by atoms with Gasteiger partial charge < -0.3 is 15.0 Å². The number of carbonyl (C=O) groups is 2. The van der Waals surface area contributed by atoms with E-state index in [1.807, 2.05) is 13.0 Å². The second kappa shape index (κ2) is 19.2. The third-order valence-corrected chi connectivity index (χ3v) is 8.47. The summed E-state index contributed by atoms with van der Waals surface area (Å²) in [6.07, 6.45) is -4.58. The van der Waals surface area contributed by atoms with Gasteiger partial charge in [-0.25, -0.2) is 19.9 Å². The molecule has 0 atom stereocenters. The molecule has 6 aromatic rings. The van der Waals surface area contributed by atoms with Crippen LogP contribution in [0.4, 0.5) is 26.3 Å². The molecule has 0 radical (unpaired) electrons. The Labute approximate surface area is 322 Å². The number of hydrogen-bond donors (Lipinski definition) is 1. The normalized spacial score (nSPS) is 10.9. The molecule has 2 aromatic carbocycles. The van der Waals surface area contributed by atoms with Crippen LogP contribution < -0.4 is 34.7 Å². The van der Waals surface area contributed by atoms with Gasteiger partial charge >= 0.3 is 41.9 Å². The first-order valence-corrected chi connectivity index (χ1v) is 16.4. The largest absolute Gasteiger partial charge is 1.00 e. The maximum Gasteiger partial charge on any atom is 1.00 e. The summed E-state index contributed by atoms with van der Waals surface area (Å²) in [5.41, 5.74) is 2.82. The fourth-order valence-electron chi connectivity index (χ4n) is 4.06. The maximum absolute atomic E-state index is 12.8. The summed E-state index contributed by atoms with van der Waals surface area (Å²) in [6.45, 7) is 4.07. The SMILES string of the molecule is CC(=O)O.CC(=O)[O-].CCc1ccnc2sc(-c3cccc(C(F)(F)F)c3)nc12.FC(F)(F)c1cccc(-c2nc3c(CCl)ccnc3s2)c1.[Na+]. The molecule has 0 saturated heterocycles. The van der Waals surface area contributed by atoms with Crippen molar-refractivity contribution in [3.05, 3.63) is 95.3 Å². The van der Waals surface area contributed by atoms with E-state index in [0.717, 1.165) is 66.0 Å². The standard InChI is InChI=1S/C15H11F3N2S.C14H8ClF3N2S.2C2H4O2.Na/c1-2-9-6-7-19-14-12(9)20-13(21-14)10-4-3-5-11(8-10)15(16,17)18;15-7-9-4-5-19-13-11(9)20-12(21-13)8-2-1-3-10(6-8)14(16,17)18;2*1-2(3)4;/h3-8H,2H2,1H3;1-6H,7H2;2*1H3,(H,3,4);/q;;;;+1/p-1. The number of aryl methyl sites for hydroxylation is 1. The summed E-state index contributed by atoms with van der Waals surface area (Å²) in [4.78, 5) is 36.6. The van der Waals surface area contributed by atoms with Crippen LogP contribution in [0.2, 0.25) is 0 Å². The molecule has 6 rings (SSSR count). The number of aromatic nitrogens is 4. The summed E-state index contributed by atoms with van der Waals surface area (Å²) in [5, 5.41) is 17.4. The molecular formula is C33H26ClF6N4NaO4S2. The van der Waals surface area contributed by atoms with Crippen molar-refractivity contribution in [2.75, 3.05) is 0 Å². The number of carboxylic acids is 2. The molecule has 51 heavy (non-hydrogen) atoms. The quantitative estimate of drug-likeness (QED) is 0.133. The monoisotopic (exact) mass is 778 g/mol. The van der Waals surface area contributed by atoms with Crippen molar-refractivity contribution in [2.45, 2.75) is 45.4 Å². The smallest absolute Gasteiger partial charge is 0.550 e. The van der Waals surface area contributed by atoms with Crippen molar-refractivity contribution in [3.63, 3.8) is 0 Å². The molecule has 0 saturated carbocycles. The second-order valence-corrected chi connectivity index (χ2v) is 12.2. The van der Waals surface area contributed by atoms with Gasteiger partial charge in [0.1, 0.15) is 30.7 Å². The molecule has 8 nitrogen and oxygen atoms in total. The summed E-state index contributed by atoms with van der Waals surface area (Å²) in [7, 11) is 0. The van der Waals surface area contributed by atoms with E-state index in [9.17, 15) is 26.3 Å². The van der Waals surface area contributed by atoms with Crippen LogP contribution in [-0.2, 0) is 34.2 Å². The van der Waals surface area contributed by atoms with Crippen molar-refractivity contribution in [2.24, 2.45) is 0 Å². The zero-order valence-electron chi connectivity index (χ0n) is 27.3. The van der Waals surface area contributed by atoms with Gasteiger partial charge in [-0.1, -0.05) is 53.9 Å². The van der Waals surface area contributed by atoms with E-state index < -0.39 is 35.4 Å². The number of aliphatic carboxylic acids is 2. The number of rotatable bonds is 4. The number of thiazole rings is 2. The number of alkyl halides is 7. The van der Waals surface area contributed by atoms with E-state index in [2.05, 4.69) is 19.9 Å². The topological polar surface area (TPSA) is 129 Å². The zero-order valence-corrected chi connectivity index (χ0v) is 31.7. The van der Waals surface area contributed by atoms with Crippen molar-refractivity contribution in [3.8, 4) is 21.1 Å². The Morgan fingerprint density at radius 1 is 0.765 bits per heavy atom. The fourth-order valence-corrected chi connectivity index (χ4v) is 6.18. The molecule has 0 aliphatic carbocycles. The number of carboxylic acid groups (broad SMARTS) is 2. The van der Waals surface area contributed by atoms with Gasteiger partial charge in [0, 0.05) is 42.3 Å². The predicted octanol–water partition coefficient (Wildman–Crippen LogP) is 5.91. The van der Waals surface area contributed by atoms with E-state index in [-0.39, 0.29) is 35.4 Å². The van der Waals surface area contributed by atoms with Gasteiger partial charge in [0.25, 0.3) is 5.97 Å². The summed E-state index contributed by atoms with van der Waals surface area (Å²) < 4.78 is 76.6. The van der Waals surface area contributed by atoms with Crippen LogP contribution in [0.3, 0.4) is 0 Å². The third kappa shape index (κ3) is 12.8. The van der Waals surface area contributed by atoms with Gasteiger partial charge in [-0.2, -0.15) is 26.3 Å². The van der Waals surface area contributed by atoms with Crippen LogP contribution in [0.25, 0.3) is 41.8 Å². The maximum atomic E-state index is 12.8. The van der Waals surface area contributed by atoms with Gasteiger partial charge in [0.2, 0.25) is 0 Å². The van der Waals surface area contributed by atoms with Crippen molar-refractivity contribution in [1.82, 2.24) is 19.9 Å². The number of benzene rings is 2. The van der Waals surface area contributed by atoms with E-state index >= 15 is 0 Å². The summed E-state index contributed by atoms with van der Waals surface area (Å²) in [6, 6.07) is 14.0. The average molecular weight is 779 g/mol. The Morgan fingerprint density at radius 3 is 1.49 bits per heavy atom. The number of nitrogens with zero attached hydrogens (tertiary/aromatic N) is 4. The van der Waals surface area contributed by atoms with Crippen LogP contribution in [0.15, 0.2) is 73.1 Å². The van der Waals surface area contributed by atoms with Gasteiger partial charge in [-0.3, -0.25) is 4.79 Å². The Morgan fingerprint density at radius 2 is 1.14 bits per heavy atom. The van der Waals surface area contributed by atoms with Gasteiger partial charge in [0.05, 0.1) is 11.1 Å². The van der Waals surface area contributed by atoms with Crippen LogP contribution in [0.5, 0.6) is 0 Å². The van der Waals surface area contributed by atoms with Crippen LogP contribution in [0.1, 0.15) is 43.0 Å². The molecule has 0 aliphatic heterocycles. The molecule has 1 N–H and O–H groups in total. The Balaban J connectivity index is 0.000000288. The molecule has 0 unspecified atom stereocenters. The van der Waals surface area contributed by atoms with Crippen LogP contribution >= 0.6 is 34.3 Å². The minimum absolute atomic E-state index is 0. The summed E-state index contributed by atoms with van der Waals surface area (Å²) >= 11 is 8.40. The molecule has 0 fully saturated rings. The third-order valence-electron chi connectivity index (χ3n) is 6.16. The van der Waals surface area contributed by atoms with Crippen molar-refractivity contribution < 1.29 is 75.7 Å². The Hall–Kier alpha value is -3.67. The first kappa shape index (κ1) is 43.5. The molecule has 0 aliphatic rings. The van der Waals surface area contributed by atoms with E-state index in [0.29, 0.717) is 31.5 Å². The predicted molar refractivity (Wildman–Crippen MR) is 179 cm³/mol. The Kier molecular flexibility index (Phi) is 16.4. The van der Waals surface area contributed by atoms with Crippen molar-refractivity contribution in [1.29, 1.82) is 0 Å². The second-order valence-electron chi connectivity index (χ2n) is 9.94. The van der Waals surface area contributed by atoms with Gasteiger partial charge in [-0.05, 0) is 60.9 Å².